The number of thiophene rings is 1. The van der Waals surface area contributed by atoms with Gasteiger partial charge >= 0.3 is 0 Å². The number of rotatable bonds is 9. The zero-order valence-electron chi connectivity index (χ0n) is 19.7. The second kappa shape index (κ2) is 10.2. The summed E-state index contributed by atoms with van der Waals surface area (Å²) in [5, 5.41) is 10.7. The molecule has 180 valence electrons. The summed E-state index contributed by atoms with van der Waals surface area (Å²) in [6.07, 6.45) is 1.99. The molecule has 2 heterocycles. The number of halogens is 1. The molecule has 5 rings (SSSR count). The number of phenols is 1. The first-order valence-corrected chi connectivity index (χ1v) is 12.7. The fourth-order valence-electron chi connectivity index (χ4n) is 4.45. The van der Waals surface area contributed by atoms with Crippen LogP contribution in [-0.2, 0) is 6.42 Å². The Hall–Kier alpha value is -3.22. The predicted octanol–water partition coefficient (Wildman–Crippen LogP) is 6.77. The molecule has 3 aromatic carbocycles. The first-order chi connectivity index (χ1) is 17.0. The van der Waals surface area contributed by atoms with E-state index in [2.05, 4.69) is 17.0 Å². The van der Waals surface area contributed by atoms with Gasteiger partial charge < -0.3 is 14.7 Å². The minimum absolute atomic E-state index is 0.0988. The van der Waals surface area contributed by atoms with E-state index in [4.69, 9.17) is 4.74 Å². The molecular formula is C29H28FNO3S. The first kappa shape index (κ1) is 23.5. The maximum absolute atomic E-state index is 13.4. The smallest absolute Gasteiger partial charge is 0.206 e. The van der Waals surface area contributed by atoms with Gasteiger partial charge in [0, 0.05) is 34.7 Å². The standard InChI is InChI=1S/C29H28FNO3S/c1-19-4-8-22(9-5-19)27(33)29-28(25-13-10-23(32)15-26(25)35-29)34-24-11-6-20(7-12-24)3-2-14-31-17-21(16-30)18-31/h4-13,15,21,32H,2-3,14,16-18H2,1H3. The third-order valence-corrected chi connectivity index (χ3v) is 7.61. The van der Waals surface area contributed by atoms with Crippen molar-refractivity contribution in [2.75, 3.05) is 26.3 Å². The van der Waals surface area contributed by atoms with E-state index in [9.17, 15) is 14.3 Å². The Morgan fingerprint density at radius 3 is 2.54 bits per heavy atom. The van der Waals surface area contributed by atoms with Gasteiger partial charge in [-0.1, -0.05) is 42.0 Å². The van der Waals surface area contributed by atoms with E-state index in [0.717, 1.165) is 48.1 Å². The number of benzene rings is 3. The molecule has 0 amide bonds. The Balaban J connectivity index is 1.33. The number of likely N-dealkylation sites (tertiary alicyclic amines) is 1. The predicted molar refractivity (Wildman–Crippen MR) is 139 cm³/mol. The summed E-state index contributed by atoms with van der Waals surface area (Å²) in [7, 11) is 0. The largest absolute Gasteiger partial charge is 0.508 e. The van der Waals surface area contributed by atoms with Crippen LogP contribution in [0.15, 0.2) is 66.7 Å². The summed E-state index contributed by atoms with van der Waals surface area (Å²) >= 11 is 1.33. The van der Waals surface area contributed by atoms with Crippen molar-refractivity contribution in [2.24, 2.45) is 5.92 Å². The molecular weight excluding hydrogens is 461 g/mol. The van der Waals surface area contributed by atoms with Gasteiger partial charge in [0.25, 0.3) is 0 Å². The highest BCUT2D eigenvalue weighted by atomic mass is 32.1. The van der Waals surface area contributed by atoms with E-state index >= 15 is 0 Å². The molecule has 1 aliphatic rings. The molecule has 0 atom stereocenters. The monoisotopic (exact) mass is 489 g/mol. The van der Waals surface area contributed by atoms with Crippen molar-refractivity contribution in [3.63, 3.8) is 0 Å². The van der Waals surface area contributed by atoms with Gasteiger partial charge in [0.1, 0.15) is 16.4 Å². The third-order valence-electron chi connectivity index (χ3n) is 6.48. The maximum Gasteiger partial charge on any atom is 0.206 e. The van der Waals surface area contributed by atoms with Gasteiger partial charge in [0.05, 0.1) is 6.67 Å². The van der Waals surface area contributed by atoms with Crippen LogP contribution in [0.5, 0.6) is 17.2 Å². The lowest BCUT2D eigenvalue weighted by Crippen LogP contribution is -2.47. The number of hydrogen-bond acceptors (Lipinski definition) is 5. The number of alkyl halides is 1. The van der Waals surface area contributed by atoms with Gasteiger partial charge in [-0.05, 0) is 62.2 Å². The average molecular weight is 490 g/mol. The number of nitrogens with zero attached hydrogens (tertiary/aromatic N) is 1. The number of ketones is 1. The molecule has 0 spiro atoms. The molecule has 6 heteroatoms. The quantitative estimate of drug-likeness (QED) is 0.264. The third kappa shape index (κ3) is 5.24. The van der Waals surface area contributed by atoms with E-state index in [1.807, 2.05) is 43.3 Å². The lowest BCUT2D eigenvalue weighted by Gasteiger charge is -2.37. The molecule has 1 saturated heterocycles. The first-order valence-electron chi connectivity index (χ1n) is 11.9. The number of ether oxygens (including phenoxy) is 1. The van der Waals surface area contributed by atoms with Crippen LogP contribution >= 0.6 is 11.3 Å². The Morgan fingerprint density at radius 2 is 1.83 bits per heavy atom. The van der Waals surface area contributed by atoms with Crippen molar-refractivity contribution < 1.29 is 19.0 Å². The topological polar surface area (TPSA) is 49.8 Å². The summed E-state index contributed by atoms with van der Waals surface area (Å²) in [5.74, 6) is 1.46. The van der Waals surface area contributed by atoms with Gasteiger partial charge in [-0.25, -0.2) is 0 Å². The van der Waals surface area contributed by atoms with Crippen LogP contribution in [0.1, 0.15) is 32.8 Å². The lowest BCUT2D eigenvalue weighted by atomic mass is 10.0. The second-order valence-corrected chi connectivity index (χ2v) is 10.3. The van der Waals surface area contributed by atoms with Crippen LogP contribution in [0.4, 0.5) is 4.39 Å². The van der Waals surface area contributed by atoms with Crippen molar-refractivity contribution >= 4 is 27.2 Å². The number of aryl methyl sites for hydroxylation is 2. The minimum Gasteiger partial charge on any atom is -0.508 e. The van der Waals surface area contributed by atoms with E-state index in [1.54, 1.807) is 18.2 Å². The fourth-order valence-corrected chi connectivity index (χ4v) is 5.58. The Bertz CT molecular complexity index is 1320. The summed E-state index contributed by atoms with van der Waals surface area (Å²) in [6.45, 7) is 4.52. The fraction of sp³-hybridized carbons (Fsp3) is 0.276. The molecule has 1 aliphatic heterocycles. The van der Waals surface area contributed by atoms with E-state index in [1.165, 1.54) is 16.9 Å². The molecule has 0 radical (unpaired) electrons. The molecule has 0 aliphatic carbocycles. The lowest BCUT2D eigenvalue weighted by molar-refractivity contribution is 0.0801. The van der Waals surface area contributed by atoms with Crippen molar-refractivity contribution in [1.29, 1.82) is 0 Å². The van der Waals surface area contributed by atoms with Crippen molar-refractivity contribution in [1.82, 2.24) is 4.90 Å². The molecule has 1 fully saturated rings. The summed E-state index contributed by atoms with van der Waals surface area (Å²) in [6, 6.07) is 20.5. The average Bonchev–Trinajstić information content (AvgIpc) is 3.18. The highest BCUT2D eigenvalue weighted by molar-refractivity contribution is 7.21. The van der Waals surface area contributed by atoms with Gasteiger partial charge in [-0.15, -0.1) is 11.3 Å². The summed E-state index contributed by atoms with van der Waals surface area (Å²) in [5.41, 5.74) is 2.91. The van der Waals surface area contributed by atoms with E-state index in [0.29, 0.717) is 21.9 Å². The molecule has 0 unspecified atom stereocenters. The van der Waals surface area contributed by atoms with Crippen LogP contribution in [0.25, 0.3) is 10.1 Å². The van der Waals surface area contributed by atoms with Crippen molar-refractivity contribution in [3.05, 3.63) is 88.3 Å². The zero-order chi connectivity index (χ0) is 24.4. The number of aromatic hydroxyl groups is 1. The molecule has 4 nitrogen and oxygen atoms in total. The number of phenolic OH excluding ortho intramolecular Hbond substituents is 1. The Kier molecular flexibility index (Phi) is 6.84. The highest BCUT2D eigenvalue weighted by Crippen LogP contribution is 2.42. The van der Waals surface area contributed by atoms with Gasteiger partial charge in [0.2, 0.25) is 5.78 Å². The van der Waals surface area contributed by atoms with Crippen molar-refractivity contribution in [3.8, 4) is 17.2 Å². The van der Waals surface area contributed by atoms with Gasteiger partial charge in [0.15, 0.2) is 5.75 Å². The number of fused-ring (bicyclic) bond motifs is 1. The molecule has 0 saturated carbocycles. The Labute approximate surface area is 208 Å². The molecule has 0 bridgehead atoms. The second-order valence-electron chi connectivity index (χ2n) is 9.27. The zero-order valence-corrected chi connectivity index (χ0v) is 20.5. The highest BCUT2D eigenvalue weighted by Gasteiger charge is 2.25. The van der Waals surface area contributed by atoms with Gasteiger partial charge in [-0.2, -0.15) is 0 Å². The van der Waals surface area contributed by atoms with E-state index < -0.39 is 0 Å². The van der Waals surface area contributed by atoms with Gasteiger partial charge in [-0.3, -0.25) is 9.18 Å². The molecule has 1 N–H and O–H groups in total. The molecule has 1 aromatic heterocycles. The SMILES string of the molecule is Cc1ccc(C(=O)c2sc3cc(O)ccc3c2Oc2ccc(CCCN3CC(CF)C3)cc2)cc1. The minimum atomic E-state index is -0.211. The normalized spacial score (nSPS) is 14.2. The van der Waals surface area contributed by atoms with Crippen LogP contribution < -0.4 is 4.74 Å². The maximum atomic E-state index is 13.4. The summed E-state index contributed by atoms with van der Waals surface area (Å²) in [4.78, 5) is 16.2. The van der Waals surface area contributed by atoms with E-state index in [-0.39, 0.29) is 24.1 Å². The summed E-state index contributed by atoms with van der Waals surface area (Å²) < 4.78 is 19.7. The number of hydrogen-bond donors (Lipinski definition) is 1. The molecule has 35 heavy (non-hydrogen) atoms. The van der Waals surface area contributed by atoms with Crippen LogP contribution in [-0.4, -0.2) is 42.1 Å². The number of carbonyl (C=O) groups excluding carboxylic acids is 1. The van der Waals surface area contributed by atoms with Crippen LogP contribution in [0, 0.1) is 12.8 Å². The number of carbonyl (C=O) groups is 1. The van der Waals surface area contributed by atoms with Crippen LogP contribution in [0.2, 0.25) is 0 Å². The van der Waals surface area contributed by atoms with Crippen molar-refractivity contribution in [2.45, 2.75) is 19.8 Å². The van der Waals surface area contributed by atoms with Crippen LogP contribution in [0.3, 0.4) is 0 Å². The Morgan fingerprint density at radius 1 is 1.09 bits per heavy atom. The molecule has 4 aromatic rings.